The number of H-pyrrole nitrogens is 1. The average Bonchev–Trinajstić information content (AvgIpc) is 3.14. The highest BCUT2D eigenvalue weighted by Crippen LogP contribution is 2.35. The predicted octanol–water partition coefficient (Wildman–Crippen LogP) is 5.33. The van der Waals surface area contributed by atoms with Gasteiger partial charge in [0.15, 0.2) is 0 Å². The van der Waals surface area contributed by atoms with Crippen molar-refractivity contribution in [2.75, 3.05) is 0 Å². The second-order valence-corrected chi connectivity index (χ2v) is 9.21. The fourth-order valence-corrected chi connectivity index (χ4v) is 4.49. The van der Waals surface area contributed by atoms with Crippen molar-refractivity contribution >= 4 is 32.7 Å². The number of primary sulfonamides is 1. The van der Waals surface area contributed by atoms with Crippen molar-refractivity contribution < 1.29 is 21.6 Å². The number of benzene rings is 3. The summed E-state index contributed by atoms with van der Waals surface area (Å²) < 4.78 is 63.0. The molecule has 166 valence electrons. The number of aromatic nitrogens is 2. The standard InChI is InChI=1S/C22H17ClF3N3O2S/c23-17-8-5-13(11-16(17)22(24,25)26)6-10-21-28-18-9-7-14(12-19(18)29-21)15-3-1-2-4-20(15)32(27,30)31/h1-5,7-9,11-12H,6,10H2,(H,28,29)(H2,27,30,31). The third kappa shape index (κ3) is 4.64. The molecule has 0 aliphatic heterocycles. The summed E-state index contributed by atoms with van der Waals surface area (Å²) in [5, 5.41) is 4.99. The molecule has 0 amide bonds. The number of aryl methyl sites for hydroxylation is 2. The number of nitrogens with two attached hydrogens (primary N) is 1. The maximum atomic E-state index is 13.1. The Hall–Kier alpha value is -2.88. The number of rotatable bonds is 5. The lowest BCUT2D eigenvalue weighted by Gasteiger charge is -2.10. The number of sulfonamides is 1. The largest absolute Gasteiger partial charge is 0.417 e. The van der Waals surface area contributed by atoms with Crippen LogP contribution in [0.3, 0.4) is 0 Å². The molecule has 0 fully saturated rings. The van der Waals surface area contributed by atoms with Gasteiger partial charge in [-0.3, -0.25) is 0 Å². The number of hydrogen-bond donors (Lipinski definition) is 2. The van der Waals surface area contributed by atoms with Crippen LogP contribution in [0.5, 0.6) is 0 Å². The van der Waals surface area contributed by atoms with Crippen LogP contribution in [0.2, 0.25) is 5.02 Å². The van der Waals surface area contributed by atoms with E-state index in [1.807, 2.05) is 0 Å². The number of halogens is 4. The quantitative estimate of drug-likeness (QED) is 0.405. The molecule has 0 saturated heterocycles. The predicted molar refractivity (Wildman–Crippen MR) is 117 cm³/mol. The Kier molecular flexibility index (Phi) is 5.74. The molecule has 10 heteroatoms. The minimum atomic E-state index is -4.52. The van der Waals surface area contributed by atoms with Crippen molar-refractivity contribution in [2.45, 2.75) is 23.9 Å². The number of fused-ring (bicyclic) bond motifs is 1. The highest BCUT2D eigenvalue weighted by atomic mass is 35.5. The van der Waals surface area contributed by atoms with Crippen LogP contribution in [0.25, 0.3) is 22.2 Å². The number of imidazole rings is 1. The van der Waals surface area contributed by atoms with Crippen LogP contribution in [-0.4, -0.2) is 18.4 Å². The average molecular weight is 480 g/mol. The van der Waals surface area contributed by atoms with E-state index in [0.29, 0.717) is 46.4 Å². The Morgan fingerprint density at radius 2 is 1.75 bits per heavy atom. The summed E-state index contributed by atoms with van der Waals surface area (Å²) in [6, 6.07) is 15.5. The molecule has 0 aliphatic rings. The van der Waals surface area contributed by atoms with Crippen LogP contribution in [0.15, 0.2) is 65.6 Å². The second kappa shape index (κ2) is 8.23. The maximum absolute atomic E-state index is 13.1. The third-order valence-electron chi connectivity index (χ3n) is 5.02. The molecule has 1 heterocycles. The summed E-state index contributed by atoms with van der Waals surface area (Å²) in [6.45, 7) is 0. The van der Waals surface area contributed by atoms with Crippen LogP contribution in [0, 0.1) is 0 Å². The lowest BCUT2D eigenvalue weighted by molar-refractivity contribution is -0.137. The zero-order chi connectivity index (χ0) is 23.1. The molecule has 32 heavy (non-hydrogen) atoms. The third-order valence-corrected chi connectivity index (χ3v) is 6.32. The van der Waals surface area contributed by atoms with Crippen molar-refractivity contribution in [1.82, 2.24) is 9.97 Å². The highest BCUT2D eigenvalue weighted by molar-refractivity contribution is 7.89. The van der Waals surface area contributed by atoms with Crippen molar-refractivity contribution in [2.24, 2.45) is 5.14 Å². The second-order valence-electron chi connectivity index (χ2n) is 7.27. The first-order valence-corrected chi connectivity index (χ1v) is 11.4. The molecule has 0 bridgehead atoms. The molecule has 4 rings (SSSR count). The molecule has 0 radical (unpaired) electrons. The van der Waals surface area contributed by atoms with Gasteiger partial charge in [0.1, 0.15) is 5.82 Å². The van der Waals surface area contributed by atoms with Gasteiger partial charge < -0.3 is 4.98 Å². The van der Waals surface area contributed by atoms with E-state index in [1.54, 1.807) is 42.5 Å². The molecule has 0 aliphatic carbocycles. The molecule has 0 saturated carbocycles. The zero-order valence-electron chi connectivity index (χ0n) is 16.4. The van der Waals surface area contributed by atoms with Crippen molar-refractivity contribution in [3.63, 3.8) is 0 Å². The number of nitrogens with zero attached hydrogens (tertiary/aromatic N) is 1. The SMILES string of the molecule is NS(=O)(=O)c1ccccc1-c1ccc2nc(CCc3ccc(Cl)c(C(F)(F)F)c3)[nH]c2c1. The number of hydrogen-bond acceptors (Lipinski definition) is 3. The van der Waals surface area contributed by atoms with Gasteiger partial charge in [-0.1, -0.05) is 41.9 Å². The van der Waals surface area contributed by atoms with Crippen molar-refractivity contribution in [1.29, 1.82) is 0 Å². The molecular formula is C22H17ClF3N3O2S. The van der Waals surface area contributed by atoms with E-state index in [1.165, 1.54) is 12.1 Å². The molecule has 0 unspecified atom stereocenters. The summed E-state index contributed by atoms with van der Waals surface area (Å²) in [7, 11) is -3.90. The molecule has 0 spiro atoms. The fourth-order valence-electron chi connectivity index (χ4n) is 3.51. The molecule has 4 aromatic rings. The monoisotopic (exact) mass is 479 g/mol. The minimum Gasteiger partial charge on any atom is -0.342 e. The van der Waals surface area contributed by atoms with Gasteiger partial charge in [-0.25, -0.2) is 18.5 Å². The van der Waals surface area contributed by atoms with Crippen LogP contribution in [0.1, 0.15) is 17.0 Å². The van der Waals surface area contributed by atoms with Gasteiger partial charge >= 0.3 is 6.18 Å². The van der Waals surface area contributed by atoms with E-state index < -0.39 is 21.8 Å². The summed E-state index contributed by atoms with van der Waals surface area (Å²) in [6.07, 6.45) is -3.80. The maximum Gasteiger partial charge on any atom is 0.417 e. The van der Waals surface area contributed by atoms with Gasteiger partial charge in [0.05, 0.1) is 26.5 Å². The molecule has 3 N–H and O–H groups in total. The summed E-state index contributed by atoms with van der Waals surface area (Å²) in [5.74, 6) is 0.598. The first kappa shape index (κ1) is 22.3. The molecular weight excluding hydrogens is 463 g/mol. The van der Waals surface area contributed by atoms with Gasteiger partial charge in [0, 0.05) is 12.0 Å². The Morgan fingerprint density at radius 1 is 1.00 bits per heavy atom. The van der Waals surface area contributed by atoms with E-state index in [9.17, 15) is 21.6 Å². The first-order valence-electron chi connectivity index (χ1n) is 9.49. The summed E-state index contributed by atoms with van der Waals surface area (Å²) >= 11 is 5.67. The fraction of sp³-hybridized carbons (Fsp3) is 0.136. The Bertz CT molecular complexity index is 1420. The van der Waals surface area contributed by atoms with Crippen molar-refractivity contribution in [3.05, 3.63) is 82.6 Å². The van der Waals surface area contributed by atoms with E-state index in [4.69, 9.17) is 16.7 Å². The van der Waals surface area contributed by atoms with E-state index in [0.717, 1.165) is 6.07 Å². The van der Waals surface area contributed by atoms with Crippen LogP contribution < -0.4 is 5.14 Å². The van der Waals surface area contributed by atoms with E-state index in [-0.39, 0.29) is 9.92 Å². The van der Waals surface area contributed by atoms with E-state index >= 15 is 0 Å². The van der Waals surface area contributed by atoms with Crippen LogP contribution in [-0.2, 0) is 29.0 Å². The molecule has 0 atom stereocenters. The van der Waals surface area contributed by atoms with Crippen LogP contribution >= 0.6 is 11.6 Å². The van der Waals surface area contributed by atoms with Gasteiger partial charge in [0.25, 0.3) is 0 Å². The number of nitrogens with one attached hydrogen (secondary N) is 1. The lowest BCUT2D eigenvalue weighted by atomic mass is 10.1. The minimum absolute atomic E-state index is 0.0160. The van der Waals surface area contributed by atoms with Gasteiger partial charge in [0.2, 0.25) is 10.0 Å². The number of alkyl halides is 3. The summed E-state index contributed by atoms with van der Waals surface area (Å²) in [4.78, 5) is 7.64. The molecule has 5 nitrogen and oxygen atoms in total. The molecule has 1 aromatic heterocycles. The normalized spacial score (nSPS) is 12.4. The van der Waals surface area contributed by atoms with Crippen molar-refractivity contribution in [3.8, 4) is 11.1 Å². The lowest BCUT2D eigenvalue weighted by Crippen LogP contribution is -2.13. The number of aromatic amines is 1. The van der Waals surface area contributed by atoms with E-state index in [2.05, 4.69) is 9.97 Å². The van der Waals surface area contributed by atoms with Crippen LogP contribution in [0.4, 0.5) is 13.2 Å². The highest BCUT2D eigenvalue weighted by Gasteiger charge is 2.33. The Morgan fingerprint density at radius 3 is 2.47 bits per heavy atom. The zero-order valence-corrected chi connectivity index (χ0v) is 18.0. The molecule has 3 aromatic carbocycles. The Balaban J connectivity index is 1.60. The Labute approximate surface area is 187 Å². The van der Waals surface area contributed by atoms with Gasteiger partial charge in [-0.2, -0.15) is 13.2 Å². The topological polar surface area (TPSA) is 88.8 Å². The smallest absolute Gasteiger partial charge is 0.342 e. The first-order chi connectivity index (χ1) is 15.0. The van der Waals surface area contributed by atoms with Gasteiger partial charge in [-0.15, -0.1) is 0 Å². The summed E-state index contributed by atoms with van der Waals surface area (Å²) in [5.41, 5.74) is 2.07. The van der Waals surface area contributed by atoms with Gasteiger partial charge in [-0.05, 0) is 47.9 Å².